The van der Waals surface area contributed by atoms with Crippen molar-refractivity contribution in [2.75, 3.05) is 15.8 Å². The standard InChI is InChI=1S/C19H25ClN2O3S2/c1-2-3-4-5-6-7-13-27(24,25)22-17-11-12-26-18(17)19(23)21-16-10-8-9-15(20)14-16/h8-12,14,22H,2-7,13H2,1H3,(H,21,23). The third-order valence-corrected chi connectivity index (χ3v) is 6.49. The van der Waals surface area contributed by atoms with Crippen LogP contribution in [0.2, 0.25) is 5.02 Å². The average Bonchev–Trinajstić information content (AvgIpc) is 3.05. The molecule has 0 atom stereocenters. The van der Waals surface area contributed by atoms with Crippen LogP contribution in [-0.4, -0.2) is 20.1 Å². The van der Waals surface area contributed by atoms with Gasteiger partial charge >= 0.3 is 0 Å². The van der Waals surface area contributed by atoms with Crippen LogP contribution in [0.15, 0.2) is 35.7 Å². The molecule has 2 rings (SSSR count). The van der Waals surface area contributed by atoms with Crippen molar-refractivity contribution in [1.82, 2.24) is 0 Å². The Kier molecular flexibility index (Phi) is 8.60. The van der Waals surface area contributed by atoms with Gasteiger partial charge in [-0.25, -0.2) is 8.42 Å². The van der Waals surface area contributed by atoms with E-state index in [-0.39, 0.29) is 11.7 Å². The lowest BCUT2D eigenvalue weighted by Crippen LogP contribution is -2.19. The van der Waals surface area contributed by atoms with Gasteiger partial charge in [0, 0.05) is 10.7 Å². The molecule has 0 aliphatic rings. The number of halogens is 1. The van der Waals surface area contributed by atoms with Crippen molar-refractivity contribution in [3.63, 3.8) is 0 Å². The highest BCUT2D eigenvalue weighted by atomic mass is 35.5. The summed E-state index contributed by atoms with van der Waals surface area (Å²) in [6.45, 7) is 2.15. The number of benzene rings is 1. The van der Waals surface area contributed by atoms with E-state index < -0.39 is 10.0 Å². The van der Waals surface area contributed by atoms with Crippen LogP contribution in [0.4, 0.5) is 11.4 Å². The van der Waals surface area contributed by atoms with Crippen LogP contribution < -0.4 is 10.0 Å². The quantitative estimate of drug-likeness (QED) is 0.447. The fraction of sp³-hybridized carbons (Fsp3) is 0.421. The summed E-state index contributed by atoms with van der Waals surface area (Å²) < 4.78 is 27.2. The number of thiophene rings is 1. The first-order valence-electron chi connectivity index (χ1n) is 9.06. The summed E-state index contributed by atoms with van der Waals surface area (Å²) in [5.74, 6) is -0.311. The van der Waals surface area contributed by atoms with E-state index in [4.69, 9.17) is 11.6 Å². The molecule has 0 aliphatic carbocycles. The molecule has 0 bridgehead atoms. The second kappa shape index (κ2) is 10.7. The fourth-order valence-corrected chi connectivity index (χ4v) is 4.80. The van der Waals surface area contributed by atoms with Crippen LogP contribution >= 0.6 is 22.9 Å². The van der Waals surface area contributed by atoms with E-state index in [1.54, 1.807) is 35.7 Å². The first kappa shape index (κ1) is 21.7. The summed E-state index contributed by atoms with van der Waals surface area (Å²) in [4.78, 5) is 12.8. The predicted octanol–water partition coefficient (Wildman–Crippen LogP) is 5.76. The topological polar surface area (TPSA) is 75.3 Å². The lowest BCUT2D eigenvalue weighted by atomic mass is 10.1. The Hall–Kier alpha value is -1.57. The first-order valence-corrected chi connectivity index (χ1v) is 12.0. The smallest absolute Gasteiger partial charge is 0.267 e. The largest absolute Gasteiger partial charge is 0.321 e. The summed E-state index contributed by atoms with van der Waals surface area (Å²) >= 11 is 7.11. The Morgan fingerprint density at radius 1 is 1.11 bits per heavy atom. The van der Waals surface area contributed by atoms with Gasteiger partial charge in [0.15, 0.2) is 0 Å². The SMILES string of the molecule is CCCCCCCCS(=O)(=O)Nc1ccsc1C(=O)Nc1cccc(Cl)c1. The molecule has 2 N–H and O–H groups in total. The molecule has 8 heteroatoms. The number of unbranched alkanes of at least 4 members (excludes halogenated alkanes) is 5. The Morgan fingerprint density at radius 3 is 2.59 bits per heavy atom. The van der Waals surface area contributed by atoms with E-state index in [0.29, 0.717) is 27.7 Å². The van der Waals surface area contributed by atoms with E-state index in [1.165, 1.54) is 17.8 Å². The van der Waals surface area contributed by atoms with Crippen molar-refractivity contribution in [2.45, 2.75) is 45.4 Å². The molecule has 0 saturated heterocycles. The van der Waals surface area contributed by atoms with Gasteiger partial charge in [0.2, 0.25) is 10.0 Å². The van der Waals surface area contributed by atoms with Gasteiger partial charge in [-0.3, -0.25) is 9.52 Å². The van der Waals surface area contributed by atoms with Crippen molar-refractivity contribution in [2.24, 2.45) is 0 Å². The lowest BCUT2D eigenvalue weighted by molar-refractivity contribution is 0.103. The maximum atomic E-state index is 12.5. The molecule has 5 nitrogen and oxygen atoms in total. The molecule has 1 aromatic carbocycles. The van der Waals surface area contributed by atoms with Crippen LogP contribution in [-0.2, 0) is 10.0 Å². The lowest BCUT2D eigenvalue weighted by Gasteiger charge is -2.10. The number of carbonyl (C=O) groups excluding carboxylic acids is 1. The monoisotopic (exact) mass is 428 g/mol. The van der Waals surface area contributed by atoms with Crippen LogP contribution in [0.3, 0.4) is 0 Å². The van der Waals surface area contributed by atoms with Gasteiger partial charge in [0.25, 0.3) is 5.91 Å². The Morgan fingerprint density at radius 2 is 1.85 bits per heavy atom. The summed E-state index contributed by atoms with van der Waals surface area (Å²) in [5.41, 5.74) is 0.868. The van der Waals surface area contributed by atoms with E-state index >= 15 is 0 Å². The minimum Gasteiger partial charge on any atom is -0.321 e. The van der Waals surface area contributed by atoms with Crippen molar-refractivity contribution < 1.29 is 13.2 Å². The number of anilines is 2. The number of hydrogen-bond acceptors (Lipinski definition) is 4. The van der Waals surface area contributed by atoms with Crippen LogP contribution in [0.25, 0.3) is 0 Å². The Balaban J connectivity index is 1.92. The van der Waals surface area contributed by atoms with Crippen molar-refractivity contribution in [3.8, 4) is 0 Å². The van der Waals surface area contributed by atoms with Crippen LogP contribution in [0, 0.1) is 0 Å². The fourth-order valence-electron chi connectivity index (χ4n) is 2.61. The molecule has 148 valence electrons. The average molecular weight is 429 g/mol. The molecule has 2 aromatic rings. The van der Waals surface area contributed by atoms with Gasteiger partial charge in [-0.15, -0.1) is 11.3 Å². The first-order chi connectivity index (χ1) is 12.9. The Labute approximate surface area is 170 Å². The van der Waals surface area contributed by atoms with Gasteiger partial charge < -0.3 is 5.32 Å². The van der Waals surface area contributed by atoms with E-state index in [9.17, 15) is 13.2 Å². The van der Waals surface area contributed by atoms with E-state index in [2.05, 4.69) is 17.0 Å². The molecule has 0 fully saturated rings. The zero-order chi connectivity index (χ0) is 19.7. The van der Waals surface area contributed by atoms with Crippen LogP contribution in [0.1, 0.15) is 55.1 Å². The summed E-state index contributed by atoms with van der Waals surface area (Å²) in [5, 5.41) is 4.94. The molecule has 0 radical (unpaired) electrons. The molecular weight excluding hydrogens is 404 g/mol. The number of sulfonamides is 1. The highest BCUT2D eigenvalue weighted by Crippen LogP contribution is 2.25. The predicted molar refractivity (Wildman–Crippen MR) is 115 cm³/mol. The molecule has 27 heavy (non-hydrogen) atoms. The zero-order valence-corrected chi connectivity index (χ0v) is 17.7. The number of carbonyl (C=O) groups is 1. The summed E-state index contributed by atoms with van der Waals surface area (Å²) in [6.07, 6.45) is 6.06. The summed E-state index contributed by atoms with van der Waals surface area (Å²) in [7, 11) is -3.48. The zero-order valence-electron chi connectivity index (χ0n) is 15.3. The normalized spacial score (nSPS) is 11.3. The van der Waals surface area contributed by atoms with E-state index in [0.717, 1.165) is 25.7 Å². The second-order valence-electron chi connectivity index (χ2n) is 6.32. The molecule has 0 saturated carbocycles. The minimum absolute atomic E-state index is 0.0598. The molecular formula is C19H25ClN2O3S2. The highest BCUT2D eigenvalue weighted by Gasteiger charge is 2.18. The van der Waals surface area contributed by atoms with Crippen molar-refractivity contribution >= 4 is 50.2 Å². The summed E-state index contributed by atoms with van der Waals surface area (Å²) in [6, 6.07) is 8.41. The van der Waals surface area contributed by atoms with Gasteiger partial charge in [-0.1, -0.05) is 56.7 Å². The second-order valence-corrected chi connectivity index (χ2v) is 9.51. The van der Waals surface area contributed by atoms with Gasteiger partial charge in [0.05, 0.1) is 11.4 Å². The molecule has 0 spiro atoms. The van der Waals surface area contributed by atoms with Gasteiger partial charge in [-0.05, 0) is 36.1 Å². The number of amides is 1. The van der Waals surface area contributed by atoms with Gasteiger partial charge in [-0.2, -0.15) is 0 Å². The number of rotatable bonds is 11. The number of hydrogen-bond donors (Lipinski definition) is 2. The minimum atomic E-state index is -3.48. The van der Waals surface area contributed by atoms with Gasteiger partial charge in [0.1, 0.15) is 4.88 Å². The molecule has 0 unspecified atom stereocenters. The molecule has 0 aliphatic heterocycles. The maximum Gasteiger partial charge on any atom is 0.267 e. The van der Waals surface area contributed by atoms with Crippen molar-refractivity contribution in [1.29, 1.82) is 0 Å². The highest BCUT2D eigenvalue weighted by molar-refractivity contribution is 7.92. The number of nitrogens with one attached hydrogen (secondary N) is 2. The van der Waals surface area contributed by atoms with Crippen molar-refractivity contribution in [3.05, 3.63) is 45.6 Å². The maximum absolute atomic E-state index is 12.5. The van der Waals surface area contributed by atoms with Crippen LogP contribution in [0.5, 0.6) is 0 Å². The third kappa shape index (κ3) is 7.52. The molecule has 1 amide bonds. The third-order valence-electron chi connectivity index (χ3n) is 3.99. The molecule has 1 aromatic heterocycles. The Bertz CT molecular complexity index is 850. The van der Waals surface area contributed by atoms with E-state index in [1.807, 2.05) is 0 Å². The molecule has 1 heterocycles.